The van der Waals surface area contributed by atoms with Crippen LogP contribution >= 0.6 is 0 Å². The number of hydrogen-bond acceptors (Lipinski definition) is 4. The second-order valence-corrected chi connectivity index (χ2v) is 8.95. The number of hydrogen-bond donors (Lipinski definition) is 2. The molecule has 1 atom stereocenters. The molecule has 11 heteroatoms. The highest BCUT2D eigenvalue weighted by Gasteiger charge is 2.27. The van der Waals surface area contributed by atoms with Crippen LogP contribution < -0.4 is 10.9 Å². The fraction of sp³-hybridized carbons (Fsp3) is 0.240. The molecule has 1 aliphatic heterocycles. The molecule has 0 aliphatic carbocycles. The number of rotatable bonds is 5. The van der Waals surface area contributed by atoms with Crippen LogP contribution in [0.15, 0.2) is 35.3 Å². The van der Waals surface area contributed by atoms with E-state index in [4.69, 9.17) is 0 Å². The first kappa shape index (κ1) is 23.6. The highest BCUT2D eigenvalue weighted by atomic mass is 19.2. The lowest BCUT2D eigenvalue weighted by molar-refractivity contribution is 0.0816. The van der Waals surface area contributed by atoms with E-state index < -0.39 is 40.4 Å². The van der Waals surface area contributed by atoms with Gasteiger partial charge in [-0.05, 0) is 37.1 Å². The van der Waals surface area contributed by atoms with E-state index in [0.29, 0.717) is 34.7 Å². The Morgan fingerprint density at radius 3 is 2.47 bits per heavy atom. The predicted octanol–water partition coefficient (Wildman–Crippen LogP) is 4.11. The third-order valence-corrected chi connectivity index (χ3v) is 6.39. The van der Waals surface area contributed by atoms with Crippen LogP contribution in [0.1, 0.15) is 28.4 Å². The first-order chi connectivity index (χ1) is 17.1. The lowest BCUT2D eigenvalue weighted by Gasteiger charge is -2.18. The fourth-order valence-corrected chi connectivity index (χ4v) is 4.61. The summed E-state index contributed by atoms with van der Waals surface area (Å²) in [5.74, 6) is -5.69. The van der Waals surface area contributed by atoms with Gasteiger partial charge < -0.3 is 19.8 Å². The summed E-state index contributed by atoms with van der Waals surface area (Å²) in [6, 6.07) is 4.55. The van der Waals surface area contributed by atoms with Crippen molar-refractivity contribution in [2.24, 2.45) is 7.05 Å². The van der Waals surface area contributed by atoms with Gasteiger partial charge >= 0.3 is 0 Å². The Kier molecular flexibility index (Phi) is 5.57. The molecular formula is C25H21F4N5O2. The molecule has 0 radical (unpaired) electrons. The molecule has 3 heterocycles. The summed E-state index contributed by atoms with van der Waals surface area (Å²) < 4.78 is 57.3. The van der Waals surface area contributed by atoms with Crippen LogP contribution in [0.25, 0.3) is 22.4 Å². The average molecular weight is 499 g/mol. The third-order valence-electron chi connectivity index (χ3n) is 6.39. The van der Waals surface area contributed by atoms with Gasteiger partial charge in [-0.1, -0.05) is 0 Å². The van der Waals surface area contributed by atoms with Crippen LogP contribution in [0.3, 0.4) is 0 Å². The lowest BCUT2D eigenvalue weighted by Crippen LogP contribution is -2.23. The molecule has 2 aromatic heterocycles. The molecule has 1 unspecified atom stereocenters. The van der Waals surface area contributed by atoms with Gasteiger partial charge in [0, 0.05) is 50.1 Å². The number of carbonyl (C=O) groups excluding carboxylic acids is 1. The molecule has 0 saturated carbocycles. The van der Waals surface area contributed by atoms with E-state index in [0.717, 1.165) is 5.56 Å². The second kappa shape index (κ2) is 8.51. The number of aromatic nitrogens is 3. The van der Waals surface area contributed by atoms with Crippen LogP contribution in [0.2, 0.25) is 0 Å². The summed E-state index contributed by atoms with van der Waals surface area (Å²) in [6.07, 6.45) is 1.01. The molecule has 0 spiro atoms. The van der Waals surface area contributed by atoms with E-state index in [1.807, 2.05) is 6.07 Å². The summed E-state index contributed by atoms with van der Waals surface area (Å²) in [5.41, 5.74) is 1.92. The lowest BCUT2D eigenvalue weighted by atomic mass is 10.0. The molecule has 2 N–H and O–H groups in total. The molecule has 0 fully saturated rings. The van der Waals surface area contributed by atoms with Crippen molar-refractivity contribution in [3.63, 3.8) is 0 Å². The standard InChI is InChI=1S/C25H21F4N5O2/c1-11(6-14-21(28)15(26)9-16(27)22(14)29)31-17-4-5-30-24(35)20(17)23-32-18-8-13-12(7-19(18)34(23)3)10-33(2)25(13)36/h4-5,7-9,11H,6,10H2,1-3H3,(H2,30,31,35). The maximum Gasteiger partial charge on any atom is 0.261 e. The molecule has 186 valence electrons. The summed E-state index contributed by atoms with van der Waals surface area (Å²) in [7, 11) is 3.45. The van der Waals surface area contributed by atoms with E-state index in [2.05, 4.69) is 15.3 Å². The van der Waals surface area contributed by atoms with E-state index in [1.165, 1.54) is 6.20 Å². The van der Waals surface area contributed by atoms with Crippen LogP contribution in [-0.2, 0) is 20.0 Å². The summed E-state index contributed by atoms with van der Waals surface area (Å²) in [5, 5.41) is 3.01. The number of aryl methyl sites for hydroxylation is 1. The zero-order chi connectivity index (χ0) is 25.9. The zero-order valence-corrected chi connectivity index (χ0v) is 19.5. The van der Waals surface area contributed by atoms with Crippen molar-refractivity contribution in [1.29, 1.82) is 0 Å². The van der Waals surface area contributed by atoms with E-state index in [9.17, 15) is 27.2 Å². The Labute approximate surface area is 202 Å². The van der Waals surface area contributed by atoms with Crippen LogP contribution in [0, 0.1) is 23.3 Å². The molecule has 4 aromatic rings. The van der Waals surface area contributed by atoms with E-state index in [1.54, 1.807) is 42.6 Å². The van der Waals surface area contributed by atoms with Gasteiger partial charge in [-0.25, -0.2) is 22.5 Å². The maximum absolute atomic E-state index is 14.2. The van der Waals surface area contributed by atoms with Crippen molar-refractivity contribution in [3.05, 3.63) is 80.8 Å². The molecule has 7 nitrogen and oxygen atoms in total. The number of nitrogens with zero attached hydrogens (tertiary/aromatic N) is 3. The van der Waals surface area contributed by atoms with Crippen LogP contribution in [0.5, 0.6) is 0 Å². The number of halogens is 4. The minimum atomic E-state index is -1.48. The molecule has 5 rings (SSSR count). The SMILES string of the molecule is CC(Cc1c(F)c(F)cc(F)c1F)Nc1cc[nH]c(=O)c1-c1nc2cc3c(cc2n1C)CN(C)C3=O. The predicted molar refractivity (Wildman–Crippen MR) is 126 cm³/mol. The largest absolute Gasteiger partial charge is 0.381 e. The number of H-pyrrole nitrogens is 1. The van der Waals surface area contributed by atoms with Gasteiger partial charge in [0.15, 0.2) is 23.3 Å². The Balaban J connectivity index is 1.53. The number of carbonyl (C=O) groups is 1. The topological polar surface area (TPSA) is 83.0 Å². The molecular weight excluding hydrogens is 478 g/mol. The summed E-state index contributed by atoms with van der Waals surface area (Å²) in [4.78, 5) is 34.1. The molecule has 0 bridgehead atoms. The number of pyridine rings is 1. The molecule has 1 aliphatic rings. The van der Waals surface area contributed by atoms with Crippen molar-refractivity contribution in [2.75, 3.05) is 12.4 Å². The van der Waals surface area contributed by atoms with Gasteiger partial charge in [0.05, 0.1) is 16.7 Å². The fourth-order valence-electron chi connectivity index (χ4n) is 4.61. The van der Waals surface area contributed by atoms with Crippen molar-refractivity contribution in [2.45, 2.75) is 25.9 Å². The molecule has 1 amide bonds. The van der Waals surface area contributed by atoms with Crippen molar-refractivity contribution >= 4 is 22.6 Å². The second-order valence-electron chi connectivity index (χ2n) is 8.95. The van der Waals surface area contributed by atoms with Gasteiger partial charge in [-0.3, -0.25) is 9.59 Å². The van der Waals surface area contributed by atoms with Crippen LogP contribution in [-0.4, -0.2) is 38.4 Å². The highest BCUT2D eigenvalue weighted by molar-refractivity contribution is 6.02. The number of amides is 1. The number of aromatic amines is 1. The van der Waals surface area contributed by atoms with Gasteiger partial charge in [0.25, 0.3) is 11.5 Å². The maximum atomic E-state index is 14.2. The van der Waals surface area contributed by atoms with Crippen LogP contribution in [0.4, 0.5) is 23.2 Å². The number of anilines is 1. The third kappa shape index (κ3) is 3.71. The van der Waals surface area contributed by atoms with Crippen molar-refractivity contribution in [1.82, 2.24) is 19.4 Å². The summed E-state index contributed by atoms with van der Waals surface area (Å²) >= 11 is 0. The number of benzene rings is 2. The van der Waals surface area contributed by atoms with Gasteiger partial charge in [-0.2, -0.15) is 0 Å². The zero-order valence-electron chi connectivity index (χ0n) is 19.5. The summed E-state index contributed by atoms with van der Waals surface area (Å²) in [6.45, 7) is 2.03. The Morgan fingerprint density at radius 2 is 1.78 bits per heavy atom. The van der Waals surface area contributed by atoms with Crippen molar-refractivity contribution in [3.8, 4) is 11.4 Å². The molecule has 0 saturated heterocycles. The van der Waals surface area contributed by atoms with Gasteiger partial charge in [-0.15, -0.1) is 0 Å². The first-order valence-corrected chi connectivity index (χ1v) is 11.1. The van der Waals surface area contributed by atoms with E-state index in [-0.39, 0.29) is 24.0 Å². The molecule has 36 heavy (non-hydrogen) atoms. The van der Waals surface area contributed by atoms with Crippen molar-refractivity contribution < 1.29 is 22.4 Å². The first-order valence-electron chi connectivity index (χ1n) is 11.1. The van der Waals surface area contributed by atoms with Gasteiger partial charge in [0.2, 0.25) is 0 Å². The smallest absolute Gasteiger partial charge is 0.261 e. The minimum Gasteiger partial charge on any atom is -0.381 e. The quantitative estimate of drug-likeness (QED) is 0.320. The minimum absolute atomic E-state index is 0.110. The molecule has 2 aromatic carbocycles. The number of imidazole rings is 1. The average Bonchev–Trinajstić information content (AvgIpc) is 3.29. The Morgan fingerprint density at radius 1 is 1.08 bits per heavy atom. The number of fused-ring (bicyclic) bond motifs is 2. The Hall–Kier alpha value is -4.15. The Bertz CT molecular complexity index is 1580. The monoisotopic (exact) mass is 499 g/mol. The van der Waals surface area contributed by atoms with Gasteiger partial charge in [0.1, 0.15) is 11.4 Å². The number of nitrogens with one attached hydrogen (secondary N) is 2. The van der Waals surface area contributed by atoms with E-state index >= 15 is 0 Å². The highest BCUT2D eigenvalue weighted by Crippen LogP contribution is 2.32. The normalized spacial score (nSPS) is 14.0.